The molecule has 0 radical (unpaired) electrons. The predicted octanol–water partition coefficient (Wildman–Crippen LogP) is 7.19. The lowest BCUT2D eigenvalue weighted by Gasteiger charge is -2.35. The number of nitrogens with zero attached hydrogens (tertiary/aromatic N) is 1. The van der Waals surface area contributed by atoms with Gasteiger partial charge in [0.15, 0.2) is 0 Å². The largest absolute Gasteiger partial charge is 0.322 e. The summed E-state index contributed by atoms with van der Waals surface area (Å²) in [4.78, 5) is 19.3. The maximum atomic E-state index is 13.7. The minimum absolute atomic E-state index is 0.377. The summed E-state index contributed by atoms with van der Waals surface area (Å²) >= 11 is 3.95. The lowest BCUT2D eigenvalue weighted by Crippen LogP contribution is -2.50. The molecule has 4 nitrogen and oxygen atoms in total. The molecule has 0 spiro atoms. The van der Waals surface area contributed by atoms with Gasteiger partial charge in [-0.25, -0.2) is 9.18 Å². The van der Waals surface area contributed by atoms with Crippen molar-refractivity contribution in [1.29, 1.82) is 0 Å². The first-order chi connectivity index (χ1) is 17.0. The molecule has 3 aromatic carbocycles. The first-order valence-electron chi connectivity index (χ1n) is 11.1. The molecule has 0 fully saturated rings. The summed E-state index contributed by atoms with van der Waals surface area (Å²) in [5, 5.41) is 6.01. The number of carbonyl (C=O) groups is 1. The van der Waals surface area contributed by atoms with Crippen LogP contribution in [-0.2, 0) is 16.4 Å². The quantitative estimate of drug-likeness (QED) is 0.129. The Balaban J connectivity index is 1.84. The highest BCUT2D eigenvalue weighted by Gasteiger charge is 2.38. The van der Waals surface area contributed by atoms with Gasteiger partial charge in [-0.05, 0) is 59.3 Å². The van der Waals surface area contributed by atoms with Crippen LogP contribution in [0, 0.1) is 5.82 Å². The number of benzene rings is 3. The highest BCUT2D eigenvalue weighted by molar-refractivity contribution is 14.1. The number of urea groups is 1. The molecule has 4 aromatic rings. The molecule has 2 N–H and O–H groups in total. The molecule has 0 saturated heterocycles. The third-order valence-electron chi connectivity index (χ3n) is 5.70. The Kier molecular flexibility index (Phi) is 8.41. The third kappa shape index (κ3) is 6.21. The van der Waals surface area contributed by atoms with Gasteiger partial charge in [0.2, 0.25) is 0 Å². The normalized spacial score (nSPS) is 12.5. The topological polar surface area (TPSA) is 54.0 Å². The monoisotopic (exact) mass is 597 g/mol. The van der Waals surface area contributed by atoms with Crippen molar-refractivity contribution in [1.82, 2.24) is 10.3 Å². The fourth-order valence-electron chi connectivity index (χ4n) is 3.99. The van der Waals surface area contributed by atoms with Gasteiger partial charge in [-0.2, -0.15) is 0 Å². The molecule has 2 amide bonds. The summed E-state index contributed by atoms with van der Waals surface area (Å²) in [7, 11) is 0. The first kappa shape index (κ1) is 25.2. The molecule has 35 heavy (non-hydrogen) atoms. The summed E-state index contributed by atoms with van der Waals surface area (Å²) in [5.41, 5.74) is 3.20. The van der Waals surface area contributed by atoms with Crippen molar-refractivity contribution in [2.75, 3.05) is 11.6 Å². The zero-order valence-corrected chi connectivity index (χ0v) is 22.1. The van der Waals surface area contributed by atoms with Gasteiger partial charge in [-0.15, -0.1) is 11.8 Å². The number of halogens is 2. The molecule has 1 atom stereocenters. The molecule has 1 unspecified atom stereocenters. The fraction of sp³-hybridized carbons (Fsp3) is 0.143. The van der Waals surface area contributed by atoms with Crippen molar-refractivity contribution in [3.05, 3.63) is 125 Å². The zero-order valence-electron chi connectivity index (χ0n) is 19.2. The molecule has 0 aliphatic rings. The Hall–Kier alpha value is -2.91. The molecule has 0 aliphatic heterocycles. The molecule has 0 saturated carbocycles. The first-order valence-corrected chi connectivity index (χ1v) is 13.8. The lowest BCUT2D eigenvalue weighted by atomic mass is 9.80. The number of carbonyl (C=O) groups excluding carboxylic acids is 1. The highest BCUT2D eigenvalue weighted by Crippen LogP contribution is 2.35. The number of amides is 2. The van der Waals surface area contributed by atoms with Crippen molar-refractivity contribution in [3.8, 4) is 0 Å². The average molecular weight is 597 g/mol. The molecule has 7 heteroatoms. The molecular weight excluding hydrogens is 572 g/mol. The summed E-state index contributed by atoms with van der Waals surface area (Å²) in [5.74, 6) is -0.415. The van der Waals surface area contributed by atoms with E-state index >= 15 is 0 Å². The van der Waals surface area contributed by atoms with E-state index in [4.69, 9.17) is 4.98 Å². The van der Waals surface area contributed by atoms with E-state index in [1.54, 1.807) is 23.9 Å². The van der Waals surface area contributed by atoms with E-state index in [9.17, 15) is 9.18 Å². The Bertz CT molecular complexity index is 1290. The number of alkyl halides is 1. The lowest BCUT2D eigenvalue weighted by molar-refractivity contribution is 0.241. The van der Waals surface area contributed by atoms with Crippen LogP contribution in [0.1, 0.15) is 22.4 Å². The van der Waals surface area contributed by atoms with E-state index < -0.39 is 17.4 Å². The molecule has 4 rings (SSSR count). The van der Waals surface area contributed by atoms with Crippen LogP contribution in [0.3, 0.4) is 0 Å². The number of rotatable bonds is 8. The standard InChI is InChI=1S/C28H25FIN3OS/c1-35-25-12-5-9-22(15-25)28(17-20-7-3-2-4-8-20,26-14-13-21(18-30)19-31-26)33-27(34)32-24-11-6-10-23(29)16-24/h2-16,19H,17-18H2,1H3,(H2,32,33,34). The Morgan fingerprint density at radius 2 is 1.77 bits per heavy atom. The SMILES string of the molecule is CSc1cccc(C(Cc2ccccc2)(NC(=O)Nc2cccc(F)c2)c2ccc(CI)cn2)c1. The smallest absolute Gasteiger partial charge is 0.320 e. The van der Waals surface area contributed by atoms with Gasteiger partial charge in [0.1, 0.15) is 11.4 Å². The van der Waals surface area contributed by atoms with Crippen molar-refractivity contribution >= 4 is 46.1 Å². The van der Waals surface area contributed by atoms with Gasteiger partial charge >= 0.3 is 6.03 Å². The van der Waals surface area contributed by atoms with E-state index in [0.29, 0.717) is 12.1 Å². The van der Waals surface area contributed by atoms with Gasteiger partial charge in [-0.1, -0.05) is 77.2 Å². The summed E-state index contributed by atoms with van der Waals surface area (Å²) in [6.45, 7) is 0. The number of nitrogens with one attached hydrogen (secondary N) is 2. The van der Waals surface area contributed by atoms with Crippen molar-refractivity contribution < 1.29 is 9.18 Å². The van der Waals surface area contributed by atoms with E-state index in [-0.39, 0.29) is 0 Å². The van der Waals surface area contributed by atoms with Crippen LogP contribution in [0.4, 0.5) is 14.9 Å². The minimum Gasteiger partial charge on any atom is -0.322 e. The Morgan fingerprint density at radius 1 is 0.971 bits per heavy atom. The van der Waals surface area contributed by atoms with E-state index in [1.807, 2.05) is 73.1 Å². The second kappa shape index (κ2) is 11.7. The van der Waals surface area contributed by atoms with Gasteiger partial charge in [-0.3, -0.25) is 4.98 Å². The highest BCUT2D eigenvalue weighted by atomic mass is 127. The molecular formula is C28H25FIN3OS. The molecule has 0 bridgehead atoms. The van der Waals surface area contributed by atoms with Crippen LogP contribution >= 0.6 is 34.4 Å². The minimum atomic E-state index is -0.964. The summed E-state index contributed by atoms with van der Waals surface area (Å²) < 4.78 is 14.6. The van der Waals surface area contributed by atoms with Gasteiger partial charge in [0.25, 0.3) is 0 Å². The number of thioether (sulfide) groups is 1. The average Bonchev–Trinajstić information content (AvgIpc) is 2.89. The predicted molar refractivity (Wildman–Crippen MR) is 150 cm³/mol. The molecule has 1 heterocycles. The van der Waals surface area contributed by atoms with Crippen molar-refractivity contribution in [2.45, 2.75) is 21.3 Å². The van der Waals surface area contributed by atoms with E-state index in [1.165, 1.54) is 12.1 Å². The van der Waals surface area contributed by atoms with Gasteiger partial charge < -0.3 is 10.6 Å². The maximum absolute atomic E-state index is 13.7. The van der Waals surface area contributed by atoms with Crippen LogP contribution in [0.25, 0.3) is 0 Å². The van der Waals surface area contributed by atoms with E-state index in [0.717, 1.165) is 31.7 Å². The number of hydrogen-bond donors (Lipinski definition) is 2. The summed E-state index contributed by atoms with van der Waals surface area (Å²) in [6.07, 6.45) is 4.36. The van der Waals surface area contributed by atoms with Crippen molar-refractivity contribution in [2.24, 2.45) is 0 Å². The second-order valence-electron chi connectivity index (χ2n) is 8.07. The van der Waals surface area contributed by atoms with E-state index in [2.05, 4.69) is 39.3 Å². The van der Waals surface area contributed by atoms with Gasteiger partial charge in [0.05, 0.1) is 5.69 Å². The number of hydrogen-bond acceptors (Lipinski definition) is 3. The third-order valence-corrected chi connectivity index (χ3v) is 7.31. The number of anilines is 1. The molecule has 178 valence electrons. The number of pyridine rings is 1. The van der Waals surface area contributed by atoms with Crippen LogP contribution < -0.4 is 10.6 Å². The summed E-state index contributed by atoms with van der Waals surface area (Å²) in [6, 6.07) is 27.6. The molecule has 0 aliphatic carbocycles. The Labute approximate surface area is 222 Å². The second-order valence-corrected chi connectivity index (χ2v) is 9.72. The zero-order chi connectivity index (χ0) is 24.7. The maximum Gasteiger partial charge on any atom is 0.320 e. The molecule has 1 aromatic heterocycles. The Morgan fingerprint density at radius 3 is 2.46 bits per heavy atom. The van der Waals surface area contributed by atoms with Crippen LogP contribution in [0.2, 0.25) is 0 Å². The van der Waals surface area contributed by atoms with Crippen LogP contribution in [0.5, 0.6) is 0 Å². The fourth-order valence-corrected chi connectivity index (χ4v) is 4.90. The van der Waals surface area contributed by atoms with Gasteiger partial charge in [0, 0.05) is 27.6 Å². The van der Waals surface area contributed by atoms with Crippen molar-refractivity contribution in [3.63, 3.8) is 0 Å². The number of aromatic nitrogens is 1. The van der Waals surface area contributed by atoms with Crippen LogP contribution in [-0.4, -0.2) is 17.3 Å². The van der Waals surface area contributed by atoms with Crippen LogP contribution in [0.15, 0.2) is 102 Å².